The summed E-state index contributed by atoms with van der Waals surface area (Å²) in [5.41, 5.74) is 3.16. The average molecular weight is 329 g/mol. The van der Waals surface area contributed by atoms with Gasteiger partial charge in [-0.2, -0.15) is 5.26 Å². The quantitative estimate of drug-likeness (QED) is 0.762. The number of aryl methyl sites for hydroxylation is 1. The number of amides is 1. The lowest BCUT2D eigenvalue weighted by molar-refractivity contribution is 0.102. The van der Waals surface area contributed by atoms with E-state index in [0.717, 1.165) is 5.56 Å². The van der Waals surface area contributed by atoms with Gasteiger partial charge in [-0.15, -0.1) is 0 Å². The molecule has 1 aromatic heterocycles. The topological polar surface area (TPSA) is 90.7 Å². The zero-order chi connectivity index (χ0) is 17.6. The van der Waals surface area contributed by atoms with Gasteiger partial charge >= 0.3 is 0 Å². The van der Waals surface area contributed by atoms with Crippen molar-refractivity contribution >= 4 is 23.1 Å². The summed E-state index contributed by atoms with van der Waals surface area (Å²) in [6.07, 6.45) is 2.85. The lowest BCUT2D eigenvalue weighted by atomic mass is 10.2. The summed E-state index contributed by atoms with van der Waals surface area (Å²) in [7, 11) is 0. The van der Waals surface area contributed by atoms with E-state index in [1.165, 1.54) is 12.4 Å². The Morgan fingerprint density at radius 1 is 1.04 bits per heavy atom. The lowest BCUT2D eigenvalue weighted by Gasteiger charge is -2.08. The van der Waals surface area contributed by atoms with Crippen LogP contribution in [0.15, 0.2) is 60.9 Å². The van der Waals surface area contributed by atoms with E-state index in [1.54, 1.807) is 18.2 Å². The van der Waals surface area contributed by atoms with Gasteiger partial charge in [0.2, 0.25) is 0 Å². The van der Waals surface area contributed by atoms with Crippen LogP contribution in [0.1, 0.15) is 21.6 Å². The highest BCUT2D eigenvalue weighted by atomic mass is 16.1. The van der Waals surface area contributed by atoms with Crippen LogP contribution in [-0.2, 0) is 0 Å². The molecule has 0 aliphatic heterocycles. The minimum absolute atomic E-state index is 0.208. The van der Waals surface area contributed by atoms with E-state index >= 15 is 0 Å². The van der Waals surface area contributed by atoms with Crippen molar-refractivity contribution in [3.05, 3.63) is 77.7 Å². The van der Waals surface area contributed by atoms with Crippen molar-refractivity contribution in [2.75, 3.05) is 10.6 Å². The first kappa shape index (κ1) is 16.1. The highest BCUT2D eigenvalue weighted by Crippen LogP contribution is 2.18. The van der Waals surface area contributed by atoms with Crippen LogP contribution in [0.25, 0.3) is 0 Å². The molecule has 0 saturated carbocycles. The number of benzene rings is 2. The van der Waals surface area contributed by atoms with Crippen LogP contribution in [0.5, 0.6) is 0 Å². The predicted octanol–water partition coefficient (Wildman–Crippen LogP) is 3.65. The van der Waals surface area contributed by atoms with Gasteiger partial charge in [0, 0.05) is 5.69 Å². The van der Waals surface area contributed by atoms with Crippen molar-refractivity contribution < 1.29 is 4.79 Å². The molecule has 1 amide bonds. The number of nitrogens with zero attached hydrogens (tertiary/aromatic N) is 3. The van der Waals surface area contributed by atoms with Crippen molar-refractivity contribution in [3.63, 3.8) is 0 Å². The van der Waals surface area contributed by atoms with Crippen LogP contribution >= 0.6 is 0 Å². The number of aromatic nitrogens is 2. The fourth-order valence-electron chi connectivity index (χ4n) is 2.17. The number of carbonyl (C=O) groups is 1. The summed E-state index contributed by atoms with van der Waals surface area (Å²) in [4.78, 5) is 20.5. The third-order valence-corrected chi connectivity index (χ3v) is 3.50. The molecule has 0 unspecified atom stereocenters. The van der Waals surface area contributed by atoms with Crippen LogP contribution in [0.2, 0.25) is 0 Å². The van der Waals surface area contributed by atoms with Crippen molar-refractivity contribution in [3.8, 4) is 6.07 Å². The maximum Gasteiger partial charge on any atom is 0.275 e. The first-order valence-corrected chi connectivity index (χ1v) is 7.62. The van der Waals surface area contributed by atoms with Crippen LogP contribution < -0.4 is 10.6 Å². The monoisotopic (exact) mass is 329 g/mol. The Morgan fingerprint density at radius 2 is 1.80 bits per heavy atom. The predicted molar refractivity (Wildman–Crippen MR) is 95.6 cm³/mol. The summed E-state index contributed by atoms with van der Waals surface area (Å²) >= 11 is 0. The summed E-state index contributed by atoms with van der Waals surface area (Å²) in [5, 5.41) is 14.9. The van der Waals surface area contributed by atoms with Crippen LogP contribution in [0.4, 0.5) is 17.2 Å². The van der Waals surface area contributed by atoms with Gasteiger partial charge in [0.25, 0.3) is 5.91 Å². The number of nitrogens with one attached hydrogen (secondary N) is 2. The van der Waals surface area contributed by atoms with Gasteiger partial charge in [-0.3, -0.25) is 4.79 Å². The third-order valence-electron chi connectivity index (χ3n) is 3.50. The molecule has 0 radical (unpaired) electrons. The van der Waals surface area contributed by atoms with Gasteiger partial charge in [-0.1, -0.05) is 29.8 Å². The van der Waals surface area contributed by atoms with Gasteiger partial charge in [0.15, 0.2) is 0 Å². The first-order valence-electron chi connectivity index (χ1n) is 7.62. The van der Waals surface area contributed by atoms with E-state index in [-0.39, 0.29) is 11.6 Å². The number of anilines is 3. The Hall–Kier alpha value is -3.72. The average Bonchev–Trinajstić information content (AvgIpc) is 2.64. The summed E-state index contributed by atoms with van der Waals surface area (Å²) in [6, 6.07) is 16.7. The molecule has 25 heavy (non-hydrogen) atoms. The Labute approximate surface area is 145 Å². The van der Waals surface area contributed by atoms with Crippen molar-refractivity contribution in [1.29, 1.82) is 5.26 Å². The molecule has 2 N–H and O–H groups in total. The van der Waals surface area contributed by atoms with Gasteiger partial charge in [0.1, 0.15) is 17.6 Å². The minimum atomic E-state index is -0.333. The van der Waals surface area contributed by atoms with Crippen LogP contribution in [0.3, 0.4) is 0 Å². The standard InChI is InChI=1S/C19H15N5O/c1-13-6-8-15(9-7-13)23-19(25)17-11-22-18(12-21-17)24-16-5-3-2-4-14(16)10-20/h2-9,11-12H,1H3,(H,22,24)(H,23,25). The molecule has 0 saturated heterocycles. The fraction of sp³-hybridized carbons (Fsp3) is 0.0526. The third kappa shape index (κ3) is 3.98. The molecule has 6 nitrogen and oxygen atoms in total. The molecule has 0 bridgehead atoms. The fourth-order valence-corrected chi connectivity index (χ4v) is 2.17. The lowest BCUT2D eigenvalue weighted by Crippen LogP contribution is -2.14. The Kier molecular flexibility index (Phi) is 4.67. The molecular weight excluding hydrogens is 314 g/mol. The van der Waals surface area contributed by atoms with E-state index < -0.39 is 0 Å². The molecule has 1 heterocycles. The highest BCUT2D eigenvalue weighted by molar-refractivity contribution is 6.02. The number of hydrogen-bond donors (Lipinski definition) is 2. The van der Waals surface area contributed by atoms with Gasteiger partial charge in [0.05, 0.1) is 23.6 Å². The van der Waals surface area contributed by atoms with Gasteiger partial charge in [-0.05, 0) is 31.2 Å². The molecule has 0 atom stereocenters. The van der Waals surface area contributed by atoms with Crippen molar-refractivity contribution in [2.45, 2.75) is 6.92 Å². The van der Waals surface area contributed by atoms with E-state index in [0.29, 0.717) is 22.8 Å². The van der Waals surface area contributed by atoms with E-state index in [4.69, 9.17) is 5.26 Å². The molecule has 3 aromatic rings. The molecule has 6 heteroatoms. The van der Waals surface area contributed by atoms with Crippen molar-refractivity contribution in [1.82, 2.24) is 9.97 Å². The number of hydrogen-bond acceptors (Lipinski definition) is 5. The van der Waals surface area contributed by atoms with Gasteiger partial charge < -0.3 is 10.6 Å². The minimum Gasteiger partial charge on any atom is -0.338 e. The molecule has 0 fully saturated rings. The maximum atomic E-state index is 12.2. The Balaban J connectivity index is 1.70. The first-order chi connectivity index (χ1) is 12.2. The Bertz CT molecular complexity index is 927. The maximum absolute atomic E-state index is 12.2. The summed E-state index contributed by atoms with van der Waals surface area (Å²) in [5.74, 6) is 0.120. The molecule has 0 aliphatic rings. The van der Waals surface area contributed by atoms with Gasteiger partial charge in [-0.25, -0.2) is 9.97 Å². The second-order valence-corrected chi connectivity index (χ2v) is 5.39. The largest absolute Gasteiger partial charge is 0.338 e. The SMILES string of the molecule is Cc1ccc(NC(=O)c2cnc(Nc3ccccc3C#N)cn2)cc1. The highest BCUT2D eigenvalue weighted by Gasteiger charge is 2.09. The molecule has 0 spiro atoms. The zero-order valence-corrected chi connectivity index (χ0v) is 13.5. The normalized spacial score (nSPS) is 9.92. The smallest absolute Gasteiger partial charge is 0.275 e. The number of nitriles is 1. The van der Waals surface area contributed by atoms with Crippen LogP contribution in [-0.4, -0.2) is 15.9 Å². The second kappa shape index (κ2) is 7.23. The van der Waals surface area contributed by atoms with Crippen LogP contribution in [0, 0.1) is 18.3 Å². The number of carbonyl (C=O) groups excluding carboxylic acids is 1. The summed E-state index contributed by atoms with van der Waals surface area (Å²) < 4.78 is 0. The number of para-hydroxylation sites is 1. The number of rotatable bonds is 4. The van der Waals surface area contributed by atoms with Crippen molar-refractivity contribution in [2.24, 2.45) is 0 Å². The second-order valence-electron chi connectivity index (χ2n) is 5.39. The van der Waals surface area contributed by atoms with E-state index in [2.05, 4.69) is 26.7 Å². The summed E-state index contributed by atoms with van der Waals surface area (Å²) in [6.45, 7) is 1.98. The zero-order valence-electron chi connectivity index (χ0n) is 13.5. The van der Waals surface area contributed by atoms with E-state index in [1.807, 2.05) is 37.3 Å². The molecule has 0 aliphatic carbocycles. The Morgan fingerprint density at radius 3 is 2.48 bits per heavy atom. The molecule has 122 valence electrons. The van der Waals surface area contributed by atoms with E-state index in [9.17, 15) is 4.79 Å². The molecule has 2 aromatic carbocycles. The molecular formula is C19H15N5O. The molecule has 3 rings (SSSR count).